The lowest BCUT2D eigenvalue weighted by Crippen LogP contribution is -2.35. The zero-order valence-corrected chi connectivity index (χ0v) is 17.7. The fraction of sp³-hybridized carbons (Fsp3) is 0.238. The van der Waals surface area contributed by atoms with Crippen LogP contribution in [0.2, 0.25) is 5.02 Å². The minimum Gasteiger partial charge on any atom is -0.321 e. The Bertz CT molecular complexity index is 1150. The van der Waals surface area contributed by atoms with Crippen LogP contribution in [0.5, 0.6) is 0 Å². The van der Waals surface area contributed by atoms with E-state index in [1.807, 2.05) is 18.2 Å². The second-order valence-corrected chi connectivity index (χ2v) is 9.44. The van der Waals surface area contributed by atoms with E-state index in [-0.39, 0.29) is 16.5 Å². The van der Waals surface area contributed by atoms with Crippen molar-refractivity contribution in [3.8, 4) is 11.3 Å². The number of aromatic amines is 1. The van der Waals surface area contributed by atoms with Crippen molar-refractivity contribution in [2.75, 3.05) is 18.4 Å². The number of halogens is 1. The van der Waals surface area contributed by atoms with Crippen LogP contribution in [-0.2, 0) is 10.0 Å². The fourth-order valence-electron chi connectivity index (χ4n) is 3.41. The van der Waals surface area contributed by atoms with Crippen LogP contribution in [0.25, 0.3) is 11.3 Å². The summed E-state index contributed by atoms with van der Waals surface area (Å²) >= 11 is 6.18. The first kappa shape index (κ1) is 20.6. The van der Waals surface area contributed by atoms with Crippen LogP contribution in [0.1, 0.15) is 29.8 Å². The molecule has 0 saturated carbocycles. The number of aromatic nitrogens is 2. The molecule has 0 aliphatic carbocycles. The van der Waals surface area contributed by atoms with Gasteiger partial charge in [-0.1, -0.05) is 36.2 Å². The number of hydrogen-bond acceptors (Lipinski definition) is 4. The molecule has 2 N–H and O–H groups in total. The first-order chi connectivity index (χ1) is 14.4. The molecular formula is C21H21ClN4O3S. The van der Waals surface area contributed by atoms with Crippen molar-refractivity contribution in [3.63, 3.8) is 0 Å². The smallest absolute Gasteiger partial charge is 0.273 e. The molecule has 30 heavy (non-hydrogen) atoms. The molecule has 9 heteroatoms. The molecule has 0 atom stereocenters. The van der Waals surface area contributed by atoms with Gasteiger partial charge in [-0.2, -0.15) is 9.40 Å². The molecule has 4 rings (SSSR count). The Kier molecular flexibility index (Phi) is 5.90. The number of hydrogen-bond donors (Lipinski definition) is 2. The Morgan fingerprint density at radius 3 is 2.43 bits per heavy atom. The van der Waals surface area contributed by atoms with Crippen LogP contribution in [0.4, 0.5) is 5.69 Å². The number of nitrogens with one attached hydrogen (secondary N) is 2. The molecule has 2 aromatic carbocycles. The predicted octanol–water partition coefficient (Wildman–Crippen LogP) is 4.16. The van der Waals surface area contributed by atoms with Gasteiger partial charge in [0.25, 0.3) is 5.91 Å². The van der Waals surface area contributed by atoms with Crippen molar-refractivity contribution in [2.45, 2.75) is 24.2 Å². The lowest BCUT2D eigenvalue weighted by molar-refractivity contribution is 0.102. The van der Waals surface area contributed by atoms with E-state index in [4.69, 9.17) is 11.6 Å². The Morgan fingerprint density at radius 2 is 1.73 bits per heavy atom. The molecule has 1 saturated heterocycles. The SMILES string of the molecule is O=C(Nc1ccc(S(=O)(=O)N2CCCCC2)cc1)c1cc(-c2ccccc2Cl)n[nH]1. The van der Waals surface area contributed by atoms with E-state index in [1.54, 1.807) is 24.3 Å². The number of carbonyl (C=O) groups is 1. The topological polar surface area (TPSA) is 95.2 Å². The number of benzene rings is 2. The van der Waals surface area contributed by atoms with Gasteiger partial charge in [0.05, 0.1) is 15.6 Å². The highest BCUT2D eigenvalue weighted by molar-refractivity contribution is 7.89. The van der Waals surface area contributed by atoms with Crippen molar-refractivity contribution in [2.24, 2.45) is 0 Å². The summed E-state index contributed by atoms with van der Waals surface area (Å²) in [4.78, 5) is 12.8. The fourth-order valence-corrected chi connectivity index (χ4v) is 5.16. The van der Waals surface area contributed by atoms with Gasteiger partial charge < -0.3 is 5.32 Å². The Balaban J connectivity index is 1.46. The summed E-state index contributed by atoms with van der Waals surface area (Å²) in [6, 6.07) is 15.1. The first-order valence-corrected chi connectivity index (χ1v) is 11.5. The zero-order valence-electron chi connectivity index (χ0n) is 16.1. The van der Waals surface area contributed by atoms with Gasteiger partial charge in [0, 0.05) is 24.3 Å². The average Bonchev–Trinajstić information content (AvgIpc) is 3.25. The summed E-state index contributed by atoms with van der Waals surface area (Å²) in [5.41, 5.74) is 2.05. The summed E-state index contributed by atoms with van der Waals surface area (Å²) in [6.45, 7) is 1.10. The summed E-state index contributed by atoms with van der Waals surface area (Å²) < 4.78 is 27.0. The van der Waals surface area contributed by atoms with Crippen LogP contribution < -0.4 is 5.32 Å². The molecule has 0 bridgehead atoms. The molecule has 0 spiro atoms. The lowest BCUT2D eigenvalue weighted by Gasteiger charge is -2.25. The Hall–Kier alpha value is -2.68. The Morgan fingerprint density at radius 1 is 1.03 bits per heavy atom. The van der Waals surface area contributed by atoms with Gasteiger partial charge in [0.1, 0.15) is 5.69 Å². The normalized spacial score (nSPS) is 15.1. The number of H-pyrrole nitrogens is 1. The number of sulfonamides is 1. The first-order valence-electron chi connectivity index (χ1n) is 9.67. The standard InChI is InChI=1S/C21H21ClN4O3S/c22-18-7-3-2-6-17(18)19-14-20(25-24-19)21(27)23-15-8-10-16(11-9-15)30(28,29)26-12-4-1-5-13-26/h2-3,6-11,14H,1,4-5,12-13H2,(H,23,27)(H,24,25). The van der Waals surface area contributed by atoms with E-state index in [0.29, 0.717) is 29.5 Å². The van der Waals surface area contributed by atoms with Gasteiger partial charge in [0.15, 0.2) is 0 Å². The van der Waals surface area contributed by atoms with Crippen molar-refractivity contribution >= 4 is 33.2 Å². The summed E-state index contributed by atoms with van der Waals surface area (Å²) in [5, 5.41) is 10.1. The molecule has 7 nitrogen and oxygen atoms in total. The number of rotatable bonds is 5. The molecule has 156 valence electrons. The largest absolute Gasteiger partial charge is 0.321 e. The quantitative estimate of drug-likeness (QED) is 0.617. The molecule has 1 aliphatic rings. The molecule has 1 aromatic heterocycles. The number of amides is 1. The van der Waals surface area contributed by atoms with Gasteiger partial charge >= 0.3 is 0 Å². The van der Waals surface area contributed by atoms with Crippen LogP contribution in [-0.4, -0.2) is 41.9 Å². The number of anilines is 1. The van der Waals surface area contributed by atoms with Gasteiger partial charge in [-0.3, -0.25) is 9.89 Å². The number of piperidine rings is 1. The van der Waals surface area contributed by atoms with E-state index in [0.717, 1.165) is 24.8 Å². The molecule has 3 aromatic rings. The van der Waals surface area contributed by atoms with E-state index in [1.165, 1.54) is 16.4 Å². The van der Waals surface area contributed by atoms with Gasteiger partial charge in [-0.15, -0.1) is 0 Å². The maximum atomic E-state index is 12.7. The maximum Gasteiger partial charge on any atom is 0.273 e. The number of nitrogens with zero attached hydrogens (tertiary/aromatic N) is 2. The third-order valence-corrected chi connectivity index (χ3v) is 7.28. The molecule has 1 fully saturated rings. The molecule has 1 aliphatic heterocycles. The third-order valence-electron chi connectivity index (χ3n) is 5.04. The van der Waals surface area contributed by atoms with E-state index < -0.39 is 10.0 Å². The van der Waals surface area contributed by atoms with Crippen LogP contribution in [0.3, 0.4) is 0 Å². The van der Waals surface area contributed by atoms with E-state index in [9.17, 15) is 13.2 Å². The van der Waals surface area contributed by atoms with Crippen molar-refractivity contribution < 1.29 is 13.2 Å². The monoisotopic (exact) mass is 444 g/mol. The van der Waals surface area contributed by atoms with Crippen LogP contribution in [0, 0.1) is 0 Å². The highest BCUT2D eigenvalue weighted by Gasteiger charge is 2.25. The summed E-state index contributed by atoms with van der Waals surface area (Å²) in [7, 11) is -3.50. The van der Waals surface area contributed by atoms with E-state index >= 15 is 0 Å². The second kappa shape index (κ2) is 8.59. The summed E-state index contributed by atoms with van der Waals surface area (Å²) in [5.74, 6) is -0.382. The maximum absolute atomic E-state index is 12.7. The van der Waals surface area contributed by atoms with E-state index in [2.05, 4.69) is 15.5 Å². The molecule has 0 unspecified atom stereocenters. The number of carbonyl (C=O) groups excluding carboxylic acids is 1. The van der Waals surface area contributed by atoms with Gasteiger partial charge in [-0.05, 0) is 49.2 Å². The Labute approximate surface area is 180 Å². The highest BCUT2D eigenvalue weighted by atomic mass is 35.5. The predicted molar refractivity (Wildman–Crippen MR) is 116 cm³/mol. The molecule has 2 heterocycles. The van der Waals surface area contributed by atoms with Crippen molar-refractivity contribution in [1.29, 1.82) is 0 Å². The van der Waals surface area contributed by atoms with Gasteiger partial charge in [-0.25, -0.2) is 8.42 Å². The second-order valence-electron chi connectivity index (χ2n) is 7.09. The van der Waals surface area contributed by atoms with Crippen molar-refractivity contribution in [1.82, 2.24) is 14.5 Å². The molecule has 0 radical (unpaired) electrons. The van der Waals surface area contributed by atoms with Crippen LogP contribution in [0.15, 0.2) is 59.5 Å². The lowest BCUT2D eigenvalue weighted by atomic mass is 10.1. The summed E-state index contributed by atoms with van der Waals surface area (Å²) in [6.07, 6.45) is 2.82. The molecule has 1 amide bonds. The van der Waals surface area contributed by atoms with Gasteiger partial charge in [0.2, 0.25) is 10.0 Å². The minimum absolute atomic E-state index is 0.227. The average molecular weight is 445 g/mol. The minimum atomic E-state index is -3.50. The van der Waals surface area contributed by atoms with Crippen molar-refractivity contribution in [3.05, 3.63) is 65.3 Å². The zero-order chi connectivity index (χ0) is 21.1. The molecular weight excluding hydrogens is 424 g/mol. The highest BCUT2D eigenvalue weighted by Crippen LogP contribution is 2.26. The third kappa shape index (κ3) is 4.26. The van der Waals surface area contributed by atoms with Crippen LogP contribution >= 0.6 is 11.6 Å².